The van der Waals surface area contributed by atoms with Crippen LogP contribution in [0.4, 0.5) is 10.2 Å². The second kappa shape index (κ2) is 5.01. The molecule has 0 aromatic carbocycles. The highest BCUT2D eigenvalue weighted by atomic mass is 19.1. The lowest BCUT2D eigenvalue weighted by atomic mass is 10.1. The monoisotopic (exact) mass is 278 g/mol. The molecule has 2 N–H and O–H groups in total. The number of hydrogen-bond acceptors (Lipinski definition) is 4. The normalized spacial score (nSPS) is 26.6. The Morgan fingerprint density at radius 3 is 3.10 bits per heavy atom. The smallest absolute Gasteiger partial charge is 0.258 e. The first-order valence-electron chi connectivity index (χ1n) is 7.02. The number of aromatic nitrogens is 1. The highest BCUT2D eigenvalue weighted by molar-refractivity contribution is 5.98. The van der Waals surface area contributed by atoms with Gasteiger partial charge in [-0.05, 0) is 32.4 Å². The molecule has 2 unspecified atom stereocenters. The first-order valence-corrected chi connectivity index (χ1v) is 7.02. The Hall–Kier alpha value is -1.69. The Morgan fingerprint density at radius 1 is 1.50 bits per heavy atom. The summed E-state index contributed by atoms with van der Waals surface area (Å²) in [6.45, 7) is 4.70. The van der Waals surface area contributed by atoms with Crippen LogP contribution in [0.15, 0.2) is 12.3 Å². The van der Waals surface area contributed by atoms with E-state index in [1.807, 2.05) is 6.92 Å². The van der Waals surface area contributed by atoms with Gasteiger partial charge in [-0.2, -0.15) is 0 Å². The summed E-state index contributed by atoms with van der Waals surface area (Å²) in [6.07, 6.45) is 3.33. The van der Waals surface area contributed by atoms with Crippen molar-refractivity contribution in [1.29, 1.82) is 0 Å². The molecule has 0 radical (unpaired) electrons. The molecule has 1 aromatic rings. The summed E-state index contributed by atoms with van der Waals surface area (Å²) in [5.41, 5.74) is 5.88. The van der Waals surface area contributed by atoms with Crippen molar-refractivity contribution in [1.82, 2.24) is 14.8 Å². The summed E-state index contributed by atoms with van der Waals surface area (Å²) in [4.78, 5) is 20.6. The Balaban J connectivity index is 1.84. The number of piperazine rings is 1. The average Bonchev–Trinajstić information content (AvgIpc) is 2.87. The molecule has 2 saturated heterocycles. The Labute approximate surface area is 117 Å². The van der Waals surface area contributed by atoms with Crippen molar-refractivity contribution in [3.8, 4) is 0 Å². The topological polar surface area (TPSA) is 62.5 Å². The zero-order valence-corrected chi connectivity index (χ0v) is 11.6. The van der Waals surface area contributed by atoms with Crippen molar-refractivity contribution in [2.75, 3.05) is 25.4 Å². The van der Waals surface area contributed by atoms with Crippen molar-refractivity contribution in [3.05, 3.63) is 23.6 Å². The minimum Gasteiger partial charge on any atom is -0.383 e. The molecule has 108 valence electrons. The maximum absolute atomic E-state index is 13.3. The van der Waals surface area contributed by atoms with Gasteiger partial charge < -0.3 is 10.6 Å². The van der Waals surface area contributed by atoms with Gasteiger partial charge in [0.2, 0.25) is 0 Å². The van der Waals surface area contributed by atoms with Gasteiger partial charge in [-0.1, -0.05) is 0 Å². The lowest BCUT2D eigenvalue weighted by Crippen LogP contribution is -2.56. The Kier molecular flexibility index (Phi) is 3.33. The molecule has 0 saturated carbocycles. The van der Waals surface area contributed by atoms with Gasteiger partial charge in [-0.25, -0.2) is 9.37 Å². The molecule has 5 nitrogen and oxygen atoms in total. The Morgan fingerprint density at radius 2 is 2.30 bits per heavy atom. The van der Waals surface area contributed by atoms with E-state index in [4.69, 9.17) is 5.73 Å². The first-order chi connectivity index (χ1) is 9.56. The third-order valence-electron chi connectivity index (χ3n) is 4.31. The number of rotatable bonds is 1. The van der Waals surface area contributed by atoms with Gasteiger partial charge >= 0.3 is 0 Å². The number of nitrogens with zero attached hydrogens (tertiary/aromatic N) is 3. The van der Waals surface area contributed by atoms with E-state index in [2.05, 4.69) is 9.88 Å². The van der Waals surface area contributed by atoms with Gasteiger partial charge in [-0.15, -0.1) is 0 Å². The van der Waals surface area contributed by atoms with Crippen LogP contribution >= 0.6 is 0 Å². The fourth-order valence-corrected chi connectivity index (χ4v) is 3.25. The van der Waals surface area contributed by atoms with Crippen LogP contribution in [0.1, 0.15) is 30.1 Å². The standard InChI is InChI=1S/C14H19FN4O/c1-9-7-18-4-2-3-11(18)8-19(9)14(20)12-5-10(15)6-17-13(12)16/h5-6,9,11H,2-4,7-8H2,1H3,(H2,16,17). The van der Waals surface area contributed by atoms with Gasteiger partial charge in [0, 0.05) is 25.2 Å². The molecular weight excluding hydrogens is 259 g/mol. The predicted molar refractivity (Wildman–Crippen MR) is 73.7 cm³/mol. The lowest BCUT2D eigenvalue weighted by molar-refractivity contribution is 0.0395. The number of carbonyl (C=O) groups excluding carboxylic acids is 1. The molecule has 1 aromatic heterocycles. The molecule has 2 aliphatic rings. The second-order valence-electron chi connectivity index (χ2n) is 5.68. The number of carbonyl (C=O) groups is 1. The van der Waals surface area contributed by atoms with Crippen molar-refractivity contribution in [3.63, 3.8) is 0 Å². The van der Waals surface area contributed by atoms with E-state index < -0.39 is 5.82 Å². The van der Waals surface area contributed by atoms with Gasteiger partial charge in [0.15, 0.2) is 0 Å². The van der Waals surface area contributed by atoms with Crippen LogP contribution in [0.3, 0.4) is 0 Å². The van der Waals surface area contributed by atoms with Crippen LogP contribution < -0.4 is 5.73 Å². The minimum absolute atomic E-state index is 0.0949. The van der Waals surface area contributed by atoms with Crippen molar-refractivity contribution in [2.45, 2.75) is 31.8 Å². The number of nitrogens with two attached hydrogens (primary N) is 1. The number of pyridine rings is 1. The lowest BCUT2D eigenvalue weighted by Gasteiger charge is -2.42. The molecule has 2 atom stereocenters. The van der Waals surface area contributed by atoms with Crippen LogP contribution in [-0.4, -0.2) is 52.4 Å². The summed E-state index contributed by atoms with van der Waals surface area (Å²) in [5.74, 6) is -0.652. The van der Waals surface area contributed by atoms with E-state index in [1.165, 1.54) is 12.5 Å². The summed E-state index contributed by atoms with van der Waals surface area (Å²) < 4.78 is 13.3. The van der Waals surface area contributed by atoms with Crippen molar-refractivity contribution >= 4 is 11.7 Å². The fourth-order valence-electron chi connectivity index (χ4n) is 3.25. The molecular formula is C14H19FN4O. The van der Waals surface area contributed by atoms with Gasteiger partial charge in [0.05, 0.1) is 11.8 Å². The maximum Gasteiger partial charge on any atom is 0.258 e. The number of nitrogen functional groups attached to an aromatic ring is 1. The molecule has 2 fully saturated rings. The largest absolute Gasteiger partial charge is 0.383 e. The van der Waals surface area contributed by atoms with E-state index in [0.29, 0.717) is 12.6 Å². The van der Waals surface area contributed by atoms with Crippen molar-refractivity contribution < 1.29 is 9.18 Å². The molecule has 20 heavy (non-hydrogen) atoms. The molecule has 0 spiro atoms. The van der Waals surface area contributed by atoms with E-state index in [0.717, 1.165) is 25.7 Å². The molecule has 1 amide bonds. The van der Waals surface area contributed by atoms with Crippen LogP contribution in [0.5, 0.6) is 0 Å². The molecule has 2 aliphatic heterocycles. The minimum atomic E-state index is -0.533. The van der Waals surface area contributed by atoms with E-state index in [9.17, 15) is 9.18 Å². The number of amides is 1. The van der Waals surface area contributed by atoms with E-state index in [-0.39, 0.29) is 23.3 Å². The van der Waals surface area contributed by atoms with Crippen LogP contribution in [-0.2, 0) is 0 Å². The highest BCUT2D eigenvalue weighted by Crippen LogP contribution is 2.26. The summed E-state index contributed by atoms with van der Waals surface area (Å²) in [7, 11) is 0. The maximum atomic E-state index is 13.3. The number of halogens is 1. The van der Waals surface area contributed by atoms with Crippen LogP contribution in [0.2, 0.25) is 0 Å². The first kappa shape index (κ1) is 13.3. The van der Waals surface area contributed by atoms with Crippen molar-refractivity contribution in [2.24, 2.45) is 0 Å². The van der Waals surface area contributed by atoms with Crippen LogP contribution in [0, 0.1) is 5.82 Å². The quantitative estimate of drug-likeness (QED) is 0.836. The third-order valence-corrected chi connectivity index (χ3v) is 4.31. The van der Waals surface area contributed by atoms with Gasteiger partial charge in [-0.3, -0.25) is 9.69 Å². The zero-order chi connectivity index (χ0) is 14.3. The fraction of sp³-hybridized carbons (Fsp3) is 0.571. The molecule has 0 bridgehead atoms. The Bertz CT molecular complexity index is 536. The predicted octanol–water partition coefficient (Wildman–Crippen LogP) is 1.11. The zero-order valence-electron chi connectivity index (χ0n) is 11.6. The number of hydrogen-bond donors (Lipinski definition) is 1. The molecule has 3 heterocycles. The number of anilines is 1. The summed E-state index contributed by atoms with van der Waals surface area (Å²) in [6, 6.07) is 1.72. The third kappa shape index (κ3) is 2.24. The highest BCUT2D eigenvalue weighted by Gasteiger charge is 2.37. The summed E-state index contributed by atoms with van der Waals surface area (Å²) in [5, 5.41) is 0. The molecule has 3 rings (SSSR count). The second-order valence-corrected chi connectivity index (χ2v) is 5.68. The van der Waals surface area contributed by atoms with Crippen LogP contribution in [0.25, 0.3) is 0 Å². The molecule has 6 heteroatoms. The van der Waals surface area contributed by atoms with E-state index >= 15 is 0 Å². The number of fused-ring (bicyclic) bond motifs is 1. The van der Waals surface area contributed by atoms with E-state index in [1.54, 1.807) is 4.90 Å². The van der Waals surface area contributed by atoms with Gasteiger partial charge in [0.1, 0.15) is 11.6 Å². The SMILES string of the molecule is CC1CN2CCCC2CN1C(=O)c1cc(F)cnc1N. The summed E-state index contributed by atoms with van der Waals surface area (Å²) >= 11 is 0. The van der Waals surface area contributed by atoms with Gasteiger partial charge in [0.25, 0.3) is 5.91 Å². The molecule has 0 aliphatic carbocycles. The average molecular weight is 278 g/mol.